The Morgan fingerprint density at radius 1 is 1.03 bits per heavy atom. The highest BCUT2D eigenvalue weighted by atomic mass is 16.5. The van der Waals surface area contributed by atoms with Gasteiger partial charge in [-0.25, -0.2) is 14.5 Å². The molecule has 9 nitrogen and oxygen atoms in total. The number of fused-ring (bicyclic) bond motifs is 1. The number of hydrogen-bond acceptors (Lipinski definition) is 7. The average Bonchev–Trinajstić information content (AvgIpc) is 3.29. The van der Waals surface area contributed by atoms with Gasteiger partial charge < -0.3 is 20.7 Å². The summed E-state index contributed by atoms with van der Waals surface area (Å²) in [5.74, 6) is 0.127. The number of nitrogens with zero attached hydrogens (tertiary/aromatic N) is 5. The number of nitrogens with one attached hydrogen (secondary N) is 1. The summed E-state index contributed by atoms with van der Waals surface area (Å²) in [6, 6.07) is 15.2. The number of primary amides is 1. The number of carbonyl (C=O) groups is 1. The van der Waals surface area contributed by atoms with Crippen LogP contribution in [0.2, 0.25) is 0 Å². The lowest BCUT2D eigenvalue weighted by Crippen LogP contribution is -2.36. The van der Waals surface area contributed by atoms with Crippen LogP contribution in [0.15, 0.2) is 61.1 Å². The molecule has 0 unspecified atom stereocenters. The van der Waals surface area contributed by atoms with E-state index in [0.717, 1.165) is 43.2 Å². The van der Waals surface area contributed by atoms with Crippen molar-refractivity contribution in [2.24, 2.45) is 5.73 Å². The van der Waals surface area contributed by atoms with Crippen LogP contribution in [0.5, 0.6) is 0 Å². The third-order valence-corrected chi connectivity index (χ3v) is 5.23. The molecule has 31 heavy (non-hydrogen) atoms. The molecule has 4 aromatic rings. The summed E-state index contributed by atoms with van der Waals surface area (Å²) in [4.78, 5) is 22.7. The zero-order chi connectivity index (χ0) is 21.2. The van der Waals surface area contributed by atoms with E-state index in [1.165, 1.54) is 6.33 Å². The highest BCUT2D eigenvalue weighted by molar-refractivity contribution is 5.93. The lowest BCUT2D eigenvalue weighted by Gasteiger charge is -2.28. The molecule has 0 atom stereocenters. The van der Waals surface area contributed by atoms with Gasteiger partial charge in [0.15, 0.2) is 11.5 Å². The summed E-state index contributed by atoms with van der Waals surface area (Å²) in [7, 11) is 0. The largest absolute Gasteiger partial charge is 0.378 e. The first-order chi connectivity index (χ1) is 15.2. The van der Waals surface area contributed by atoms with Crippen molar-refractivity contribution >= 4 is 28.7 Å². The van der Waals surface area contributed by atoms with E-state index >= 15 is 0 Å². The molecule has 156 valence electrons. The fourth-order valence-electron chi connectivity index (χ4n) is 3.57. The second-order valence-electron chi connectivity index (χ2n) is 7.22. The minimum absolute atomic E-state index is 0.448. The van der Waals surface area contributed by atoms with Gasteiger partial charge >= 0.3 is 0 Å². The van der Waals surface area contributed by atoms with Crippen molar-refractivity contribution in [3.05, 3.63) is 66.6 Å². The van der Waals surface area contributed by atoms with Crippen LogP contribution in [-0.2, 0) is 4.74 Å². The molecule has 1 saturated heterocycles. The van der Waals surface area contributed by atoms with Crippen molar-refractivity contribution in [1.82, 2.24) is 19.6 Å². The standard InChI is InChI=1S/C22H21N7O2/c23-20(30)16-3-1-15(2-4-16)19-13-29-22(24-14-25-29)21(27-19)26-17-5-7-18(8-6-17)28-9-11-31-12-10-28/h1-8,13-14H,9-12H2,(H2,23,30)(H,26,27). The fraction of sp³-hybridized carbons (Fsp3) is 0.182. The molecule has 0 bridgehead atoms. The Morgan fingerprint density at radius 3 is 2.48 bits per heavy atom. The average molecular weight is 415 g/mol. The molecule has 2 aromatic carbocycles. The van der Waals surface area contributed by atoms with Crippen molar-refractivity contribution < 1.29 is 9.53 Å². The van der Waals surface area contributed by atoms with Crippen molar-refractivity contribution in [2.75, 3.05) is 36.5 Å². The lowest BCUT2D eigenvalue weighted by atomic mass is 10.1. The molecule has 9 heteroatoms. The molecular formula is C22H21N7O2. The number of benzene rings is 2. The van der Waals surface area contributed by atoms with Crippen LogP contribution < -0.4 is 16.0 Å². The van der Waals surface area contributed by atoms with Gasteiger partial charge in [-0.15, -0.1) is 0 Å². The predicted octanol–water partition coefficient (Wildman–Crippen LogP) is 2.47. The van der Waals surface area contributed by atoms with Crippen molar-refractivity contribution in [1.29, 1.82) is 0 Å². The molecule has 3 heterocycles. The molecule has 2 aromatic heterocycles. The molecule has 0 saturated carbocycles. The zero-order valence-corrected chi connectivity index (χ0v) is 16.7. The molecule has 0 radical (unpaired) electrons. The summed E-state index contributed by atoms with van der Waals surface area (Å²) >= 11 is 0. The first kappa shape index (κ1) is 19.0. The Morgan fingerprint density at radius 2 is 1.77 bits per heavy atom. The summed E-state index contributed by atoms with van der Waals surface area (Å²) in [6.45, 7) is 3.29. The van der Waals surface area contributed by atoms with Gasteiger partial charge in [-0.05, 0) is 36.4 Å². The molecule has 1 amide bonds. The van der Waals surface area contributed by atoms with Crippen LogP contribution in [-0.4, -0.2) is 51.8 Å². The maximum Gasteiger partial charge on any atom is 0.248 e. The van der Waals surface area contributed by atoms with Crippen LogP contribution >= 0.6 is 0 Å². The van der Waals surface area contributed by atoms with Gasteiger partial charge in [0.25, 0.3) is 0 Å². The van der Waals surface area contributed by atoms with E-state index in [4.69, 9.17) is 15.5 Å². The second-order valence-corrected chi connectivity index (χ2v) is 7.22. The molecule has 1 fully saturated rings. The quantitative estimate of drug-likeness (QED) is 0.515. The monoisotopic (exact) mass is 415 g/mol. The van der Waals surface area contributed by atoms with Crippen molar-refractivity contribution in [3.8, 4) is 11.3 Å². The van der Waals surface area contributed by atoms with Crippen molar-refractivity contribution in [3.63, 3.8) is 0 Å². The highest BCUT2D eigenvalue weighted by Gasteiger charge is 2.13. The zero-order valence-electron chi connectivity index (χ0n) is 16.7. The predicted molar refractivity (Wildman–Crippen MR) is 117 cm³/mol. The van der Waals surface area contributed by atoms with Gasteiger partial charge in [-0.3, -0.25) is 4.79 Å². The Labute approximate surface area is 178 Å². The minimum Gasteiger partial charge on any atom is -0.378 e. The minimum atomic E-state index is -0.464. The maximum absolute atomic E-state index is 11.3. The number of ether oxygens (including phenoxy) is 1. The lowest BCUT2D eigenvalue weighted by molar-refractivity contribution is 0.100. The van der Waals surface area contributed by atoms with E-state index in [1.807, 2.05) is 24.3 Å². The van der Waals surface area contributed by atoms with Crippen molar-refractivity contribution in [2.45, 2.75) is 0 Å². The summed E-state index contributed by atoms with van der Waals surface area (Å²) in [5.41, 5.74) is 10.0. The Kier molecular flexibility index (Phi) is 4.93. The van der Waals surface area contributed by atoms with E-state index in [2.05, 4.69) is 32.4 Å². The summed E-state index contributed by atoms with van der Waals surface area (Å²) in [6.07, 6.45) is 3.29. The van der Waals surface area contributed by atoms with E-state index in [9.17, 15) is 4.79 Å². The van der Waals surface area contributed by atoms with E-state index in [-0.39, 0.29) is 0 Å². The van der Waals surface area contributed by atoms with Gasteiger partial charge in [0, 0.05) is 35.6 Å². The van der Waals surface area contributed by atoms with Gasteiger partial charge in [0.05, 0.1) is 25.1 Å². The maximum atomic E-state index is 11.3. The van der Waals surface area contributed by atoms with Crippen LogP contribution in [0.4, 0.5) is 17.2 Å². The third kappa shape index (κ3) is 3.90. The highest BCUT2D eigenvalue weighted by Crippen LogP contribution is 2.26. The number of rotatable bonds is 5. The Bertz CT molecular complexity index is 1210. The first-order valence-electron chi connectivity index (χ1n) is 9.98. The Hall–Kier alpha value is -3.98. The van der Waals surface area contributed by atoms with Crippen LogP contribution in [0, 0.1) is 0 Å². The SMILES string of the molecule is NC(=O)c1ccc(-c2cn3ncnc3c(Nc3ccc(N4CCOCC4)cc3)n2)cc1. The molecular weight excluding hydrogens is 394 g/mol. The third-order valence-electron chi connectivity index (χ3n) is 5.23. The van der Waals surface area contributed by atoms with Crippen LogP contribution in [0.3, 0.4) is 0 Å². The number of carbonyl (C=O) groups excluding carboxylic acids is 1. The molecule has 1 aliphatic rings. The molecule has 3 N–H and O–H groups in total. The molecule has 5 rings (SSSR count). The summed E-state index contributed by atoms with van der Waals surface area (Å²) in [5, 5.41) is 7.61. The van der Waals surface area contributed by atoms with E-state index in [0.29, 0.717) is 22.7 Å². The van der Waals surface area contributed by atoms with E-state index < -0.39 is 5.91 Å². The molecule has 0 spiro atoms. The molecule has 0 aliphatic carbocycles. The van der Waals surface area contributed by atoms with E-state index in [1.54, 1.807) is 22.8 Å². The number of anilines is 3. The molecule has 1 aliphatic heterocycles. The topological polar surface area (TPSA) is 111 Å². The number of morpholine rings is 1. The summed E-state index contributed by atoms with van der Waals surface area (Å²) < 4.78 is 7.10. The number of amides is 1. The fourth-order valence-corrected chi connectivity index (χ4v) is 3.57. The Balaban J connectivity index is 1.44. The van der Waals surface area contributed by atoms with Gasteiger partial charge in [-0.1, -0.05) is 12.1 Å². The van der Waals surface area contributed by atoms with Gasteiger partial charge in [-0.2, -0.15) is 5.10 Å². The normalized spacial score (nSPS) is 14.0. The van der Waals surface area contributed by atoms with Crippen LogP contribution in [0.1, 0.15) is 10.4 Å². The van der Waals surface area contributed by atoms with Crippen LogP contribution in [0.25, 0.3) is 16.9 Å². The first-order valence-corrected chi connectivity index (χ1v) is 9.98. The number of nitrogens with two attached hydrogens (primary N) is 1. The number of hydrogen-bond donors (Lipinski definition) is 2. The smallest absolute Gasteiger partial charge is 0.248 e. The number of aromatic nitrogens is 4. The van der Waals surface area contributed by atoms with Gasteiger partial charge in [0.1, 0.15) is 6.33 Å². The second kappa shape index (κ2) is 8.04. The van der Waals surface area contributed by atoms with Gasteiger partial charge in [0.2, 0.25) is 5.91 Å².